The Hall–Kier alpha value is -3.91. The summed E-state index contributed by atoms with van der Waals surface area (Å²) in [5.74, 6) is 0.527. The number of hydrogen-bond acceptors (Lipinski definition) is 7. The van der Waals surface area contributed by atoms with Crippen molar-refractivity contribution in [3.63, 3.8) is 0 Å². The van der Waals surface area contributed by atoms with E-state index in [0.717, 1.165) is 11.1 Å². The number of carbonyl (C=O) groups is 2. The summed E-state index contributed by atoms with van der Waals surface area (Å²) < 4.78 is 16.0. The zero-order valence-electron chi connectivity index (χ0n) is 18.8. The van der Waals surface area contributed by atoms with Gasteiger partial charge in [-0.3, -0.25) is 9.59 Å². The van der Waals surface area contributed by atoms with Crippen molar-refractivity contribution >= 4 is 11.7 Å². The number of aliphatic hydroxyl groups excluding tert-OH is 1. The van der Waals surface area contributed by atoms with Crippen molar-refractivity contribution in [1.29, 1.82) is 0 Å². The van der Waals surface area contributed by atoms with E-state index in [4.69, 9.17) is 19.3 Å². The third-order valence-electron chi connectivity index (χ3n) is 4.87. The summed E-state index contributed by atoms with van der Waals surface area (Å²) in [6.07, 6.45) is 0. The lowest BCUT2D eigenvalue weighted by atomic mass is 10.1. The lowest BCUT2D eigenvalue weighted by molar-refractivity contribution is 0.0902. The van der Waals surface area contributed by atoms with Crippen LogP contribution < -0.4 is 19.5 Å². The summed E-state index contributed by atoms with van der Waals surface area (Å²) >= 11 is 0. The molecule has 2 aromatic carbocycles. The maximum atomic E-state index is 12.7. The molecule has 1 amide bonds. The van der Waals surface area contributed by atoms with Crippen LogP contribution in [0.5, 0.6) is 17.2 Å². The van der Waals surface area contributed by atoms with E-state index in [-0.39, 0.29) is 31.2 Å². The van der Waals surface area contributed by atoms with Gasteiger partial charge in [0.2, 0.25) is 0 Å². The van der Waals surface area contributed by atoms with Crippen LogP contribution in [0, 0.1) is 6.92 Å². The number of methoxy groups -OCH3 is 2. The quantitative estimate of drug-likeness (QED) is 0.457. The third kappa shape index (κ3) is 5.87. The molecular formula is C25H26N2O6. The molecule has 0 saturated heterocycles. The van der Waals surface area contributed by atoms with Crippen LogP contribution in [0.1, 0.15) is 26.4 Å². The minimum Gasteiger partial charge on any atom is -0.494 e. The molecule has 0 aliphatic rings. The van der Waals surface area contributed by atoms with Crippen molar-refractivity contribution in [2.75, 3.05) is 34.0 Å². The first-order valence-electron chi connectivity index (χ1n) is 10.3. The van der Waals surface area contributed by atoms with Crippen LogP contribution in [0.25, 0.3) is 11.3 Å². The van der Waals surface area contributed by atoms with E-state index in [9.17, 15) is 9.59 Å². The summed E-state index contributed by atoms with van der Waals surface area (Å²) in [6, 6.07) is 15.6. The first-order chi connectivity index (χ1) is 16.0. The van der Waals surface area contributed by atoms with Gasteiger partial charge in [0, 0.05) is 11.1 Å². The number of amides is 1. The summed E-state index contributed by atoms with van der Waals surface area (Å²) in [4.78, 5) is 29.8. The van der Waals surface area contributed by atoms with Gasteiger partial charge in [-0.05, 0) is 37.3 Å². The molecule has 8 nitrogen and oxygen atoms in total. The van der Waals surface area contributed by atoms with E-state index in [1.807, 2.05) is 31.2 Å². The second kappa shape index (κ2) is 11.1. The van der Waals surface area contributed by atoms with E-state index in [1.54, 1.807) is 31.4 Å². The lowest BCUT2D eigenvalue weighted by Crippen LogP contribution is -2.30. The fraction of sp³-hybridized carbons (Fsp3) is 0.240. The Balaban J connectivity index is 1.72. The van der Waals surface area contributed by atoms with Crippen LogP contribution in [0.3, 0.4) is 0 Å². The number of rotatable bonds is 10. The fourth-order valence-electron chi connectivity index (χ4n) is 3.12. The Morgan fingerprint density at radius 3 is 2.30 bits per heavy atom. The number of ketones is 1. The highest BCUT2D eigenvalue weighted by Gasteiger charge is 2.16. The smallest absolute Gasteiger partial charge is 0.251 e. The number of ether oxygens (including phenoxy) is 3. The Kier molecular flexibility index (Phi) is 7.99. The molecule has 172 valence electrons. The average molecular weight is 450 g/mol. The van der Waals surface area contributed by atoms with E-state index >= 15 is 0 Å². The normalized spacial score (nSPS) is 10.4. The molecule has 3 aromatic rings. The molecule has 0 radical (unpaired) electrons. The molecule has 0 spiro atoms. The topological polar surface area (TPSA) is 107 Å². The molecule has 8 heteroatoms. The summed E-state index contributed by atoms with van der Waals surface area (Å²) in [6.45, 7) is 1.73. The average Bonchev–Trinajstić information content (AvgIpc) is 2.85. The number of pyridine rings is 1. The minimum absolute atomic E-state index is 0.107. The molecule has 1 heterocycles. The number of aliphatic hydroxyl groups is 1. The van der Waals surface area contributed by atoms with Gasteiger partial charge in [0.1, 0.15) is 23.7 Å². The summed E-state index contributed by atoms with van der Waals surface area (Å²) in [7, 11) is 3.00. The van der Waals surface area contributed by atoms with Gasteiger partial charge in [0.15, 0.2) is 17.3 Å². The van der Waals surface area contributed by atoms with Crippen molar-refractivity contribution in [2.45, 2.75) is 6.92 Å². The van der Waals surface area contributed by atoms with Crippen molar-refractivity contribution in [3.8, 4) is 28.5 Å². The zero-order chi connectivity index (χ0) is 23.8. The highest BCUT2D eigenvalue weighted by Crippen LogP contribution is 2.29. The highest BCUT2D eigenvalue weighted by atomic mass is 16.5. The number of Topliss-reactive ketones (excluding diaryl/α,β-unsaturated/α-hetero) is 1. The maximum absolute atomic E-state index is 12.7. The molecule has 3 rings (SSSR count). The van der Waals surface area contributed by atoms with Gasteiger partial charge in [0.05, 0.1) is 27.4 Å². The molecule has 0 atom stereocenters. The van der Waals surface area contributed by atoms with Gasteiger partial charge in [-0.15, -0.1) is 0 Å². The van der Waals surface area contributed by atoms with Gasteiger partial charge in [-0.25, -0.2) is 4.98 Å². The van der Waals surface area contributed by atoms with Crippen molar-refractivity contribution in [3.05, 3.63) is 71.4 Å². The second-order valence-electron chi connectivity index (χ2n) is 7.16. The maximum Gasteiger partial charge on any atom is 0.251 e. The van der Waals surface area contributed by atoms with Crippen LogP contribution >= 0.6 is 0 Å². The molecule has 0 unspecified atom stereocenters. The van der Waals surface area contributed by atoms with Gasteiger partial charge in [-0.1, -0.05) is 29.8 Å². The van der Waals surface area contributed by atoms with Gasteiger partial charge in [-0.2, -0.15) is 0 Å². The Labute approximate surface area is 192 Å². The van der Waals surface area contributed by atoms with E-state index in [1.165, 1.54) is 13.2 Å². The standard InChI is InChI=1S/C25H26N2O6/c1-16-4-6-17(7-5-16)24-22(31-2)11-9-19(27-24)20(29)15-26-25(30)18-8-10-21(33-13-12-28)23(14-18)32-3/h4-11,14,28H,12-13,15H2,1-3H3,(H,26,30). The molecular weight excluding hydrogens is 424 g/mol. The van der Waals surface area contributed by atoms with Crippen LogP contribution in [-0.4, -0.2) is 55.8 Å². The van der Waals surface area contributed by atoms with E-state index in [2.05, 4.69) is 10.3 Å². The van der Waals surface area contributed by atoms with Crippen LogP contribution in [0.4, 0.5) is 0 Å². The molecule has 33 heavy (non-hydrogen) atoms. The number of aryl methyl sites for hydroxylation is 1. The van der Waals surface area contributed by atoms with Gasteiger partial charge in [0.25, 0.3) is 5.91 Å². The number of nitrogens with zero attached hydrogens (tertiary/aromatic N) is 1. The molecule has 1 aromatic heterocycles. The highest BCUT2D eigenvalue weighted by molar-refractivity contribution is 6.01. The molecule has 0 bridgehead atoms. The number of hydrogen-bond donors (Lipinski definition) is 2. The number of nitrogens with one attached hydrogen (secondary N) is 1. The predicted octanol–water partition coefficient (Wildman–Crippen LogP) is 3.06. The summed E-state index contributed by atoms with van der Waals surface area (Å²) in [5.41, 5.74) is 3.01. The van der Waals surface area contributed by atoms with Crippen molar-refractivity contribution < 1.29 is 28.9 Å². The molecule has 0 aliphatic carbocycles. The largest absolute Gasteiger partial charge is 0.494 e. The molecule has 0 fully saturated rings. The lowest BCUT2D eigenvalue weighted by Gasteiger charge is -2.12. The SMILES string of the molecule is COc1cc(C(=O)NCC(=O)c2ccc(OC)c(-c3ccc(C)cc3)n2)ccc1OCCO. The van der Waals surface area contributed by atoms with Gasteiger partial charge >= 0.3 is 0 Å². The third-order valence-corrected chi connectivity index (χ3v) is 4.87. The van der Waals surface area contributed by atoms with Crippen molar-refractivity contribution in [2.24, 2.45) is 0 Å². The van der Waals surface area contributed by atoms with Crippen molar-refractivity contribution in [1.82, 2.24) is 10.3 Å². The number of carbonyl (C=O) groups excluding carboxylic acids is 2. The van der Waals surface area contributed by atoms with Crippen LogP contribution in [-0.2, 0) is 0 Å². The Bertz CT molecular complexity index is 1130. The first-order valence-corrected chi connectivity index (χ1v) is 10.3. The molecule has 0 aliphatic heterocycles. The fourth-order valence-corrected chi connectivity index (χ4v) is 3.12. The van der Waals surface area contributed by atoms with Gasteiger partial charge < -0.3 is 24.6 Å². The monoisotopic (exact) mass is 450 g/mol. The Morgan fingerprint density at radius 2 is 1.64 bits per heavy atom. The van der Waals surface area contributed by atoms with Crippen LogP contribution in [0.15, 0.2) is 54.6 Å². The molecule has 2 N–H and O–H groups in total. The second-order valence-corrected chi connectivity index (χ2v) is 7.16. The molecule has 0 saturated carbocycles. The number of aromatic nitrogens is 1. The number of benzene rings is 2. The first kappa shape index (κ1) is 23.7. The van der Waals surface area contributed by atoms with E-state index in [0.29, 0.717) is 28.5 Å². The minimum atomic E-state index is -0.442. The van der Waals surface area contributed by atoms with Crippen LogP contribution in [0.2, 0.25) is 0 Å². The Morgan fingerprint density at radius 1 is 0.939 bits per heavy atom. The zero-order valence-corrected chi connectivity index (χ0v) is 18.8. The summed E-state index contributed by atoms with van der Waals surface area (Å²) in [5, 5.41) is 11.5. The predicted molar refractivity (Wildman–Crippen MR) is 123 cm³/mol. The van der Waals surface area contributed by atoms with E-state index < -0.39 is 5.91 Å².